The minimum Gasteiger partial charge on any atom is -0.300 e. The molecule has 0 heterocycles. The number of Topliss-reactive ketones (excluding diaryl/α,β-unsaturated/α-hetero) is 1. The Morgan fingerprint density at radius 1 is 1.18 bits per heavy atom. The van der Waals surface area contributed by atoms with Crippen LogP contribution in [0.25, 0.3) is 0 Å². The van der Waals surface area contributed by atoms with Crippen LogP contribution in [-0.2, 0) is 4.79 Å². The molecule has 0 N–H and O–H groups in total. The lowest BCUT2D eigenvalue weighted by Crippen LogP contribution is -1.96. The molecule has 0 unspecified atom stereocenters. The molecule has 0 amide bonds. The van der Waals surface area contributed by atoms with E-state index in [1.54, 1.807) is 0 Å². The van der Waals surface area contributed by atoms with Crippen LogP contribution >= 0.6 is 22.6 Å². The average Bonchev–Trinajstić information content (AvgIpc) is 1.99. The molecule has 0 atom stereocenters. The van der Waals surface area contributed by atoms with E-state index in [0.29, 0.717) is 5.78 Å². The largest absolute Gasteiger partial charge is 0.300 e. The van der Waals surface area contributed by atoms with Gasteiger partial charge in [-0.25, -0.2) is 0 Å². The van der Waals surface area contributed by atoms with Crippen molar-refractivity contribution in [3.63, 3.8) is 0 Å². The van der Waals surface area contributed by atoms with Gasteiger partial charge in [-0.1, -0.05) is 35.9 Å². The lowest BCUT2D eigenvalue weighted by molar-refractivity contribution is -0.119. The molecule has 0 bridgehead atoms. The maximum absolute atomic E-state index is 11.0. The number of carbonyl (C=O) groups is 1. The summed E-state index contributed by atoms with van der Waals surface area (Å²) >= 11 is 2.38. The predicted octanol–water partition coefficient (Wildman–Crippen LogP) is 3.35. The van der Waals surface area contributed by atoms with Crippen molar-refractivity contribution in [2.24, 2.45) is 0 Å². The number of ketones is 1. The molecule has 0 fully saturated rings. The van der Waals surface area contributed by atoms with Crippen LogP contribution in [0.4, 0.5) is 0 Å². The maximum atomic E-state index is 11.0. The second-order valence-electron chi connectivity index (χ2n) is 2.79. The van der Waals surface area contributed by atoms with Gasteiger partial charge in [-0.3, -0.25) is 4.79 Å². The number of hydrogen-bond acceptors (Lipinski definition) is 1. The Labute approximate surface area is 83.1 Å². The fourth-order valence-corrected chi connectivity index (χ4v) is 1.54. The summed E-state index contributed by atoms with van der Waals surface area (Å²) in [6.45, 7) is 2.06. The van der Waals surface area contributed by atoms with Crippen molar-refractivity contribution >= 4 is 28.4 Å². The molecular weight excluding hydrogens is 251 g/mol. The highest BCUT2D eigenvalue weighted by Crippen LogP contribution is 2.04. The third-order valence-electron chi connectivity index (χ3n) is 1.62. The fraction of sp³-hybridized carbons (Fsp3) is 0.889. The molecule has 0 radical (unpaired) electrons. The van der Waals surface area contributed by atoms with Gasteiger partial charge in [-0.2, -0.15) is 0 Å². The minimum atomic E-state index is 0.445. The van der Waals surface area contributed by atoms with Crippen molar-refractivity contribution in [2.75, 3.05) is 4.43 Å². The second kappa shape index (κ2) is 8.50. The normalized spacial score (nSPS) is 10.0. The first-order valence-electron chi connectivity index (χ1n) is 4.39. The minimum absolute atomic E-state index is 0.445. The molecular formula is C9H17IO. The molecule has 0 saturated carbocycles. The topological polar surface area (TPSA) is 17.1 Å². The van der Waals surface area contributed by atoms with Crippen LogP contribution in [0.1, 0.15) is 45.4 Å². The lowest BCUT2D eigenvalue weighted by Gasteiger charge is -1.97. The number of carbonyl (C=O) groups excluding carboxylic acids is 1. The molecule has 0 spiro atoms. The first kappa shape index (κ1) is 11.4. The summed E-state index contributed by atoms with van der Waals surface area (Å²) in [5, 5.41) is 0. The third kappa shape index (κ3) is 8.30. The van der Waals surface area contributed by atoms with E-state index in [9.17, 15) is 4.79 Å². The molecule has 0 rings (SSSR count). The van der Waals surface area contributed by atoms with Crippen LogP contribution in [0.15, 0.2) is 0 Å². The molecule has 0 aromatic heterocycles. The zero-order valence-electron chi connectivity index (χ0n) is 7.24. The number of unbranched alkanes of at least 4 members (excludes halogenated alkanes) is 2. The van der Waals surface area contributed by atoms with Gasteiger partial charge in [-0.15, -0.1) is 0 Å². The Bertz CT molecular complexity index is 102. The number of alkyl halides is 1. The van der Waals surface area contributed by atoms with Crippen LogP contribution in [0.3, 0.4) is 0 Å². The van der Waals surface area contributed by atoms with Gasteiger partial charge < -0.3 is 0 Å². The fourth-order valence-electron chi connectivity index (χ4n) is 0.997. The van der Waals surface area contributed by atoms with Gasteiger partial charge in [0.1, 0.15) is 5.78 Å². The Morgan fingerprint density at radius 2 is 1.91 bits per heavy atom. The SMILES string of the molecule is CCCC(=O)CCCCCI. The summed E-state index contributed by atoms with van der Waals surface area (Å²) in [6.07, 6.45) is 6.18. The highest BCUT2D eigenvalue weighted by Gasteiger charge is 1.98. The molecule has 0 aromatic carbocycles. The zero-order valence-corrected chi connectivity index (χ0v) is 9.39. The number of halogens is 1. The maximum Gasteiger partial charge on any atom is 0.132 e. The van der Waals surface area contributed by atoms with E-state index in [0.717, 1.165) is 25.7 Å². The van der Waals surface area contributed by atoms with Gasteiger partial charge >= 0.3 is 0 Å². The highest BCUT2D eigenvalue weighted by molar-refractivity contribution is 14.1. The van der Waals surface area contributed by atoms with Gasteiger partial charge in [-0.05, 0) is 23.7 Å². The summed E-state index contributed by atoms with van der Waals surface area (Å²) < 4.78 is 1.22. The molecule has 2 heteroatoms. The molecule has 66 valence electrons. The van der Waals surface area contributed by atoms with Crippen molar-refractivity contribution < 1.29 is 4.79 Å². The monoisotopic (exact) mass is 268 g/mol. The van der Waals surface area contributed by atoms with Crippen molar-refractivity contribution in [2.45, 2.75) is 45.4 Å². The Kier molecular flexibility index (Phi) is 8.81. The van der Waals surface area contributed by atoms with Crippen LogP contribution < -0.4 is 0 Å². The van der Waals surface area contributed by atoms with E-state index in [1.807, 2.05) is 0 Å². The first-order valence-corrected chi connectivity index (χ1v) is 5.91. The van der Waals surface area contributed by atoms with Gasteiger partial charge in [0.05, 0.1) is 0 Å². The molecule has 0 aliphatic rings. The van der Waals surface area contributed by atoms with E-state index in [-0.39, 0.29) is 0 Å². The van der Waals surface area contributed by atoms with Crippen molar-refractivity contribution in [1.82, 2.24) is 0 Å². The molecule has 1 nitrogen and oxygen atoms in total. The van der Waals surface area contributed by atoms with E-state index >= 15 is 0 Å². The second-order valence-corrected chi connectivity index (χ2v) is 3.87. The van der Waals surface area contributed by atoms with Crippen LogP contribution in [0.2, 0.25) is 0 Å². The van der Waals surface area contributed by atoms with Crippen molar-refractivity contribution in [3.8, 4) is 0 Å². The smallest absolute Gasteiger partial charge is 0.132 e. The summed E-state index contributed by atoms with van der Waals surface area (Å²) in [7, 11) is 0. The molecule has 0 aliphatic carbocycles. The van der Waals surface area contributed by atoms with Crippen LogP contribution in [0.5, 0.6) is 0 Å². The Balaban J connectivity index is 3.04. The molecule has 0 aliphatic heterocycles. The zero-order chi connectivity index (χ0) is 8.53. The van der Waals surface area contributed by atoms with Crippen molar-refractivity contribution in [1.29, 1.82) is 0 Å². The average molecular weight is 268 g/mol. The molecule has 0 saturated heterocycles. The quantitative estimate of drug-likeness (QED) is 0.393. The van der Waals surface area contributed by atoms with Gasteiger partial charge in [0.2, 0.25) is 0 Å². The predicted molar refractivity (Wildman–Crippen MR) is 57.3 cm³/mol. The van der Waals surface area contributed by atoms with E-state index in [2.05, 4.69) is 29.5 Å². The van der Waals surface area contributed by atoms with E-state index < -0.39 is 0 Å². The summed E-state index contributed by atoms with van der Waals surface area (Å²) in [6, 6.07) is 0. The summed E-state index contributed by atoms with van der Waals surface area (Å²) in [5.41, 5.74) is 0. The standard InChI is InChI=1S/C9H17IO/c1-2-6-9(11)7-4-3-5-8-10/h2-8H2,1H3. The van der Waals surface area contributed by atoms with E-state index in [1.165, 1.54) is 17.3 Å². The Morgan fingerprint density at radius 3 is 2.45 bits per heavy atom. The van der Waals surface area contributed by atoms with Gasteiger partial charge in [0, 0.05) is 12.8 Å². The van der Waals surface area contributed by atoms with Gasteiger partial charge in [0.15, 0.2) is 0 Å². The first-order chi connectivity index (χ1) is 5.31. The highest BCUT2D eigenvalue weighted by atomic mass is 127. The number of rotatable bonds is 7. The van der Waals surface area contributed by atoms with Crippen LogP contribution in [-0.4, -0.2) is 10.2 Å². The summed E-state index contributed by atoms with van der Waals surface area (Å²) in [5.74, 6) is 0.445. The van der Waals surface area contributed by atoms with Gasteiger partial charge in [0.25, 0.3) is 0 Å². The summed E-state index contributed by atoms with van der Waals surface area (Å²) in [4.78, 5) is 11.0. The third-order valence-corrected chi connectivity index (χ3v) is 2.38. The van der Waals surface area contributed by atoms with Crippen molar-refractivity contribution in [3.05, 3.63) is 0 Å². The van der Waals surface area contributed by atoms with Crippen LogP contribution in [0, 0.1) is 0 Å². The molecule has 11 heavy (non-hydrogen) atoms. The number of hydrogen-bond donors (Lipinski definition) is 0. The van der Waals surface area contributed by atoms with E-state index in [4.69, 9.17) is 0 Å². The lowest BCUT2D eigenvalue weighted by atomic mass is 10.1. The molecule has 0 aromatic rings. The Hall–Kier alpha value is 0.400.